The van der Waals surface area contributed by atoms with Crippen molar-refractivity contribution in [1.29, 1.82) is 0 Å². The van der Waals surface area contributed by atoms with Gasteiger partial charge in [-0.25, -0.2) is 4.21 Å². The van der Waals surface area contributed by atoms with E-state index < -0.39 is 9.73 Å². The first kappa shape index (κ1) is 24.2. The maximum atomic E-state index is 14.6. The minimum Gasteiger partial charge on any atom is -0.363 e. The molecule has 3 aliphatic heterocycles. The molecule has 0 radical (unpaired) electrons. The van der Waals surface area contributed by atoms with Crippen LogP contribution in [0.25, 0.3) is 22.9 Å². The molecule has 0 amide bonds. The molecule has 1 saturated heterocycles. The third-order valence-corrected chi connectivity index (χ3v) is 10.9. The third kappa shape index (κ3) is 3.29. The van der Waals surface area contributed by atoms with Crippen molar-refractivity contribution >= 4 is 44.0 Å². The topological polar surface area (TPSA) is 41.9 Å². The maximum Gasteiger partial charge on any atom is 0.109 e. The van der Waals surface area contributed by atoms with Gasteiger partial charge in [-0.1, -0.05) is 103 Å². The summed E-state index contributed by atoms with van der Waals surface area (Å²) in [4.78, 5) is 3.19. The fourth-order valence-electron chi connectivity index (χ4n) is 7.53. The molecule has 204 valence electrons. The van der Waals surface area contributed by atoms with Crippen LogP contribution in [0.4, 0.5) is 11.4 Å². The van der Waals surface area contributed by atoms with E-state index in [1.165, 1.54) is 32.7 Å². The van der Waals surface area contributed by atoms with Crippen LogP contribution >= 0.6 is 0 Å². The zero-order chi connectivity index (χ0) is 28.0. The van der Waals surface area contributed by atoms with E-state index in [1.807, 2.05) is 30.3 Å². The largest absolute Gasteiger partial charge is 0.363 e. The van der Waals surface area contributed by atoms with Gasteiger partial charge in [0.1, 0.15) is 6.10 Å². The van der Waals surface area contributed by atoms with Crippen molar-refractivity contribution in [3.63, 3.8) is 0 Å². The van der Waals surface area contributed by atoms with Gasteiger partial charge < -0.3 is 9.64 Å². The average Bonchev–Trinajstić information content (AvgIpc) is 3.58. The lowest BCUT2D eigenvalue weighted by Gasteiger charge is -2.36. The highest BCUT2D eigenvalue weighted by Gasteiger charge is 2.50. The van der Waals surface area contributed by atoms with E-state index >= 15 is 0 Å². The number of rotatable bonds is 2. The van der Waals surface area contributed by atoms with Gasteiger partial charge in [-0.15, -0.1) is 0 Å². The number of fused-ring (bicyclic) bond motifs is 9. The van der Waals surface area contributed by atoms with Crippen LogP contribution in [0.15, 0.2) is 130 Å². The molecule has 5 heteroatoms. The van der Waals surface area contributed by atoms with Gasteiger partial charge in [-0.2, -0.15) is 4.36 Å². The van der Waals surface area contributed by atoms with E-state index in [1.54, 1.807) is 6.26 Å². The van der Waals surface area contributed by atoms with E-state index in [2.05, 4.69) is 95.9 Å². The van der Waals surface area contributed by atoms with Crippen molar-refractivity contribution in [3.05, 3.63) is 148 Å². The minimum absolute atomic E-state index is 0.0411. The lowest BCUT2D eigenvalue weighted by molar-refractivity contribution is 0.0645. The molecule has 0 bridgehead atoms. The first-order valence-corrected chi connectivity index (χ1v) is 16.4. The van der Waals surface area contributed by atoms with E-state index in [0.717, 1.165) is 39.5 Å². The standard InChI is InChI=1S/C37H28N2O2S/c1-42(40)37-24(22-29(38-42)23-12-3-2-4-13-23)14-11-20-31(37)39-30-19-9-7-17-27(30)33-25-15-5-6-16-26(25)34-28-18-8-10-21-32(28)41-36(34)35(33)39/h2-20,22,32,35-36H,21H2,1H3. The molecule has 2 aliphatic carbocycles. The summed E-state index contributed by atoms with van der Waals surface area (Å²) < 4.78 is 26.4. The number of benzene rings is 4. The summed E-state index contributed by atoms with van der Waals surface area (Å²) in [6.07, 6.45) is 11.2. The van der Waals surface area contributed by atoms with E-state index in [4.69, 9.17) is 9.10 Å². The number of anilines is 2. The Morgan fingerprint density at radius 2 is 1.57 bits per heavy atom. The van der Waals surface area contributed by atoms with Gasteiger partial charge in [-0.3, -0.25) is 0 Å². The molecule has 0 N–H and O–H groups in total. The maximum absolute atomic E-state index is 14.6. The number of allylic oxidation sites excluding steroid dienone is 2. The molecule has 1 fully saturated rings. The highest BCUT2D eigenvalue weighted by atomic mass is 32.2. The van der Waals surface area contributed by atoms with Gasteiger partial charge in [0.15, 0.2) is 0 Å². The summed E-state index contributed by atoms with van der Waals surface area (Å²) in [7, 11) is -2.76. The molecule has 4 nitrogen and oxygen atoms in total. The smallest absolute Gasteiger partial charge is 0.109 e. The molecule has 9 rings (SSSR count). The molecule has 4 aromatic rings. The summed E-state index contributed by atoms with van der Waals surface area (Å²) in [6.45, 7) is 0. The second-order valence-electron chi connectivity index (χ2n) is 11.5. The summed E-state index contributed by atoms with van der Waals surface area (Å²) in [5, 5.41) is 2.51. The molecule has 3 heterocycles. The quantitative estimate of drug-likeness (QED) is 0.292. The second kappa shape index (κ2) is 8.78. The monoisotopic (exact) mass is 564 g/mol. The van der Waals surface area contributed by atoms with Crippen LogP contribution in [0.3, 0.4) is 0 Å². The summed E-state index contributed by atoms with van der Waals surface area (Å²) in [6, 6.07) is 33.6. The Balaban J connectivity index is 1.32. The third-order valence-electron chi connectivity index (χ3n) is 9.13. The van der Waals surface area contributed by atoms with E-state index in [-0.39, 0.29) is 18.2 Å². The van der Waals surface area contributed by atoms with Gasteiger partial charge in [0.05, 0.1) is 38.2 Å². The van der Waals surface area contributed by atoms with Crippen molar-refractivity contribution in [2.75, 3.05) is 11.2 Å². The number of ether oxygens (including phenoxy) is 1. The number of hydrogen-bond acceptors (Lipinski definition) is 4. The molecule has 4 aromatic carbocycles. The first-order chi connectivity index (χ1) is 20.6. The average molecular weight is 565 g/mol. The predicted molar refractivity (Wildman–Crippen MR) is 170 cm³/mol. The van der Waals surface area contributed by atoms with Crippen LogP contribution in [0.2, 0.25) is 0 Å². The molecule has 5 aliphatic rings. The Hall–Kier alpha value is -4.45. The van der Waals surface area contributed by atoms with E-state index in [9.17, 15) is 4.21 Å². The highest BCUT2D eigenvalue weighted by Crippen LogP contribution is 2.53. The highest BCUT2D eigenvalue weighted by molar-refractivity contribution is 7.93. The number of hydrogen-bond donors (Lipinski definition) is 0. The van der Waals surface area contributed by atoms with Crippen LogP contribution in [-0.4, -0.2) is 28.7 Å². The lowest BCUT2D eigenvalue weighted by Crippen LogP contribution is -2.48. The van der Waals surface area contributed by atoms with Gasteiger partial charge in [0, 0.05) is 23.1 Å². The first-order valence-electron chi connectivity index (χ1n) is 14.5. The molecule has 0 saturated carbocycles. The molecular weight excluding hydrogens is 536 g/mol. The Kier molecular flexibility index (Phi) is 5.05. The summed E-state index contributed by atoms with van der Waals surface area (Å²) in [5.74, 6) is 0. The molecule has 4 atom stereocenters. The Morgan fingerprint density at radius 3 is 2.43 bits per heavy atom. The van der Waals surface area contributed by atoms with Crippen LogP contribution in [0.5, 0.6) is 0 Å². The molecule has 42 heavy (non-hydrogen) atoms. The second-order valence-corrected chi connectivity index (χ2v) is 13.7. The molecule has 4 unspecified atom stereocenters. The lowest BCUT2D eigenvalue weighted by atomic mass is 9.82. The normalized spacial score (nSPS) is 26.2. The summed E-state index contributed by atoms with van der Waals surface area (Å²) in [5.41, 5.74) is 9.76. The molecular formula is C37H28N2O2S. The van der Waals surface area contributed by atoms with Crippen molar-refractivity contribution in [2.45, 2.75) is 29.6 Å². The molecule has 0 spiro atoms. The van der Waals surface area contributed by atoms with Crippen LogP contribution < -0.4 is 15.3 Å². The number of nitrogens with zero attached hydrogens (tertiary/aromatic N) is 2. The zero-order valence-electron chi connectivity index (χ0n) is 23.1. The Morgan fingerprint density at radius 1 is 0.833 bits per heavy atom. The van der Waals surface area contributed by atoms with Crippen molar-refractivity contribution in [2.24, 2.45) is 4.36 Å². The SMILES string of the molecule is CS1(=O)=NC(c2ccccc2)=Cc2cccc(N3c4ccccc4C4=c5ccccc5=C5C6=CC=CCC6OC5C43)c21. The van der Waals surface area contributed by atoms with Gasteiger partial charge >= 0.3 is 0 Å². The van der Waals surface area contributed by atoms with Gasteiger partial charge in [-0.05, 0) is 57.3 Å². The number of para-hydroxylation sites is 1. The predicted octanol–water partition coefficient (Wildman–Crippen LogP) is 6.19. The van der Waals surface area contributed by atoms with Gasteiger partial charge in [0.2, 0.25) is 0 Å². The Bertz CT molecular complexity index is 2180. The fraction of sp³-hybridized carbons (Fsp3) is 0.135. The molecule has 0 aromatic heterocycles. The minimum atomic E-state index is -2.76. The van der Waals surface area contributed by atoms with Crippen LogP contribution in [-0.2, 0) is 14.5 Å². The van der Waals surface area contributed by atoms with Crippen molar-refractivity contribution in [1.82, 2.24) is 0 Å². The van der Waals surface area contributed by atoms with Gasteiger partial charge in [0.25, 0.3) is 0 Å². The van der Waals surface area contributed by atoms with Crippen LogP contribution in [0, 0.1) is 0 Å². The van der Waals surface area contributed by atoms with Crippen molar-refractivity contribution in [3.8, 4) is 0 Å². The van der Waals surface area contributed by atoms with Crippen LogP contribution in [0.1, 0.15) is 23.1 Å². The summed E-state index contributed by atoms with van der Waals surface area (Å²) >= 11 is 0. The fourth-order valence-corrected chi connectivity index (χ4v) is 9.28. The van der Waals surface area contributed by atoms with Crippen molar-refractivity contribution < 1.29 is 8.95 Å². The van der Waals surface area contributed by atoms with E-state index in [0.29, 0.717) is 0 Å². The Labute approximate surface area is 245 Å². The zero-order valence-corrected chi connectivity index (χ0v) is 23.9.